The highest BCUT2D eigenvalue weighted by atomic mass is 19.1. The summed E-state index contributed by atoms with van der Waals surface area (Å²) in [5, 5.41) is 6.31. The van der Waals surface area contributed by atoms with Crippen molar-refractivity contribution in [3.8, 4) is 22.8 Å². The van der Waals surface area contributed by atoms with Gasteiger partial charge in [0.25, 0.3) is 5.91 Å². The van der Waals surface area contributed by atoms with Crippen LogP contribution >= 0.6 is 0 Å². The maximum atomic E-state index is 14.4. The quantitative estimate of drug-likeness (QED) is 0.508. The van der Waals surface area contributed by atoms with Crippen LogP contribution in [0.4, 0.5) is 15.8 Å². The van der Waals surface area contributed by atoms with E-state index in [-0.39, 0.29) is 29.7 Å². The highest BCUT2D eigenvalue weighted by molar-refractivity contribution is 6.07. The maximum Gasteiger partial charge on any atom is 0.255 e. The summed E-state index contributed by atoms with van der Waals surface area (Å²) in [7, 11) is 1.41. The topological polar surface area (TPSA) is 97.5 Å². The summed E-state index contributed by atoms with van der Waals surface area (Å²) in [6.45, 7) is 1.17. The lowest BCUT2D eigenvalue weighted by Gasteiger charge is -2.26. The molecule has 3 N–H and O–H groups in total. The standard InChI is InChI=1S/C24H23FN4O4/c1-31-23-15(25)3-2-4-16(23)27-22-19-20(14-9-17(14)28-24(19)30)29-21(22)13-5-7-26-10-18(13)33-11-12-6-8-32-12/h2-5,7,10,12,14,17,27,29H,6,8-9,11H2,1H3,(H,28,30)/t12-,14+,17-/m0/s1. The Morgan fingerprint density at radius 3 is 3.00 bits per heavy atom. The van der Waals surface area contributed by atoms with Crippen LogP contribution in [0, 0.1) is 5.82 Å². The van der Waals surface area contributed by atoms with E-state index < -0.39 is 5.82 Å². The number of methoxy groups -OCH3 is 1. The molecule has 4 heterocycles. The molecule has 1 amide bonds. The minimum atomic E-state index is -0.492. The molecule has 8 nitrogen and oxygen atoms in total. The predicted octanol–water partition coefficient (Wildman–Crippen LogP) is 3.74. The zero-order valence-corrected chi connectivity index (χ0v) is 18.0. The van der Waals surface area contributed by atoms with Crippen molar-refractivity contribution in [3.63, 3.8) is 0 Å². The number of pyridine rings is 1. The second kappa shape index (κ2) is 7.77. The fourth-order valence-corrected chi connectivity index (χ4v) is 4.52. The monoisotopic (exact) mass is 450 g/mol. The number of halogens is 1. The number of ether oxygens (including phenoxy) is 3. The first-order valence-corrected chi connectivity index (χ1v) is 11.0. The highest BCUT2D eigenvalue weighted by Gasteiger charge is 2.48. The number of fused-ring (bicyclic) bond motifs is 3. The van der Waals surface area contributed by atoms with Gasteiger partial charge in [0.1, 0.15) is 12.4 Å². The Kier molecular flexibility index (Phi) is 4.72. The number of H-pyrrole nitrogens is 1. The second-order valence-electron chi connectivity index (χ2n) is 8.50. The molecular formula is C24H23FN4O4. The van der Waals surface area contributed by atoms with Crippen LogP contribution in [0.5, 0.6) is 11.5 Å². The molecule has 1 saturated heterocycles. The Morgan fingerprint density at radius 2 is 2.21 bits per heavy atom. The first-order valence-electron chi connectivity index (χ1n) is 11.0. The third kappa shape index (κ3) is 3.39. The van der Waals surface area contributed by atoms with Gasteiger partial charge in [0.05, 0.1) is 42.0 Å². The molecule has 33 heavy (non-hydrogen) atoms. The summed E-state index contributed by atoms with van der Waals surface area (Å²) >= 11 is 0. The predicted molar refractivity (Wildman–Crippen MR) is 119 cm³/mol. The zero-order chi connectivity index (χ0) is 22.5. The van der Waals surface area contributed by atoms with Gasteiger partial charge in [-0.1, -0.05) is 6.07 Å². The molecule has 9 heteroatoms. The number of carbonyl (C=O) groups excluding carboxylic acids is 1. The summed E-state index contributed by atoms with van der Waals surface area (Å²) in [5.74, 6) is 0.231. The summed E-state index contributed by atoms with van der Waals surface area (Å²) in [6, 6.07) is 6.62. The Hall–Kier alpha value is -3.59. The molecule has 2 fully saturated rings. The lowest BCUT2D eigenvalue weighted by Crippen LogP contribution is -2.32. The van der Waals surface area contributed by atoms with Crippen molar-refractivity contribution in [2.45, 2.75) is 30.9 Å². The molecule has 2 aliphatic heterocycles. The molecule has 0 unspecified atom stereocenters. The van der Waals surface area contributed by atoms with Crippen molar-refractivity contribution in [2.24, 2.45) is 0 Å². The van der Waals surface area contributed by atoms with Gasteiger partial charge in [-0.25, -0.2) is 4.39 Å². The van der Waals surface area contributed by atoms with Crippen LogP contribution < -0.4 is 20.1 Å². The number of nitrogens with zero attached hydrogens (tertiary/aromatic N) is 1. The number of aromatic amines is 1. The van der Waals surface area contributed by atoms with Gasteiger partial charge in [0, 0.05) is 42.4 Å². The number of benzene rings is 1. The van der Waals surface area contributed by atoms with Crippen molar-refractivity contribution >= 4 is 17.3 Å². The van der Waals surface area contributed by atoms with Crippen molar-refractivity contribution in [1.82, 2.24) is 15.3 Å². The molecule has 3 aliphatic rings. The third-order valence-corrected chi connectivity index (χ3v) is 6.44. The van der Waals surface area contributed by atoms with Crippen LogP contribution in [0.15, 0.2) is 36.7 Å². The van der Waals surface area contributed by atoms with E-state index in [0.717, 1.165) is 30.7 Å². The Morgan fingerprint density at radius 1 is 1.33 bits per heavy atom. The van der Waals surface area contributed by atoms with E-state index in [1.165, 1.54) is 13.2 Å². The lowest BCUT2D eigenvalue weighted by atomic mass is 10.0. The van der Waals surface area contributed by atoms with Crippen LogP contribution in [0.25, 0.3) is 11.3 Å². The summed E-state index contributed by atoms with van der Waals surface area (Å²) in [5.41, 5.74) is 3.81. The molecule has 0 spiro atoms. The van der Waals surface area contributed by atoms with Gasteiger partial charge < -0.3 is 29.8 Å². The van der Waals surface area contributed by atoms with Gasteiger partial charge in [-0.3, -0.25) is 9.78 Å². The summed E-state index contributed by atoms with van der Waals surface area (Å²) < 4.78 is 31.2. The molecule has 2 aromatic heterocycles. The van der Waals surface area contributed by atoms with Crippen molar-refractivity contribution in [1.29, 1.82) is 0 Å². The van der Waals surface area contributed by atoms with Gasteiger partial charge in [-0.2, -0.15) is 0 Å². The van der Waals surface area contributed by atoms with E-state index in [1.807, 2.05) is 6.07 Å². The fourth-order valence-electron chi connectivity index (χ4n) is 4.52. The van der Waals surface area contributed by atoms with Gasteiger partial charge in [0.2, 0.25) is 0 Å². The van der Waals surface area contributed by atoms with E-state index >= 15 is 0 Å². The van der Waals surface area contributed by atoms with Crippen LogP contribution in [0.3, 0.4) is 0 Å². The van der Waals surface area contributed by atoms with Crippen LogP contribution in [-0.2, 0) is 4.74 Å². The van der Waals surface area contributed by atoms with Gasteiger partial charge in [-0.15, -0.1) is 0 Å². The largest absolute Gasteiger partial charge is 0.492 e. The normalized spacial score (nSPS) is 22.5. The van der Waals surface area contributed by atoms with Crippen molar-refractivity contribution in [2.75, 3.05) is 25.6 Å². The lowest BCUT2D eigenvalue weighted by molar-refractivity contribution is -0.0720. The van der Waals surface area contributed by atoms with Crippen LogP contribution in [0.2, 0.25) is 0 Å². The summed E-state index contributed by atoms with van der Waals surface area (Å²) in [4.78, 5) is 20.7. The number of hydrogen-bond acceptors (Lipinski definition) is 6. The Bertz CT molecular complexity index is 1240. The average molecular weight is 450 g/mol. The van der Waals surface area contributed by atoms with Gasteiger partial charge in [0.15, 0.2) is 11.6 Å². The van der Waals surface area contributed by atoms with Crippen LogP contribution in [-0.4, -0.2) is 48.3 Å². The van der Waals surface area contributed by atoms with E-state index in [2.05, 4.69) is 20.6 Å². The molecule has 0 radical (unpaired) electrons. The Labute approximate surface area is 189 Å². The molecule has 3 atom stereocenters. The molecule has 1 saturated carbocycles. The maximum absolute atomic E-state index is 14.4. The molecule has 1 aliphatic carbocycles. The number of hydrogen-bond donors (Lipinski definition) is 3. The van der Waals surface area contributed by atoms with Gasteiger partial charge >= 0.3 is 0 Å². The number of para-hydroxylation sites is 1. The molecule has 1 aromatic carbocycles. The molecule has 0 bridgehead atoms. The second-order valence-corrected chi connectivity index (χ2v) is 8.50. The van der Waals surface area contributed by atoms with E-state index in [0.29, 0.717) is 35.0 Å². The summed E-state index contributed by atoms with van der Waals surface area (Å²) in [6.07, 6.45) is 5.25. The minimum Gasteiger partial charge on any atom is -0.492 e. The van der Waals surface area contributed by atoms with E-state index in [9.17, 15) is 9.18 Å². The molecule has 3 aromatic rings. The molecule has 6 rings (SSSR count). The van der Waals surface area contributed by atoms with Crippen LogP contribution in [0.1, 0.15) is 34.8 Å². The van der Waals surface area contributed by atoms with E-state index in [4.69, 9.17) is 14.2 Å². The number of carbonyl (C=O) groups is 1. The Balaban J connectivity index is 1.46. The van der Waals surface area contributed by atoms with Gasteiger partial charge in [-0.05, 0) is 24.6 Å². The highest BCUT2D eigenvalue weighted by Crippen LogP contribution is 2.51. The fraction of sp³-hybridized carbons (Fsp3) is 0.333. The first kappa shape index (κ1) is 20.0. The van der Waals surface area contributed by atoms with Crippen molar-refractivity contribution < 1.29 is 23.4 Å². The molecule has 170 valence electrons. The van der Waals surface area contributed by atoms with Crippen molar-refractivity contribution in [3.05, 3.63) is 53.7 Å². The SMILES string of the molecule is COc1c(F)cccc1Nc1c(-c2ccncc2OC[C@@H]2CCO2)[nH]c2c1C(=O)N[C@H]1C[C@@H]21. The average Bonchev–Trinajstić information content (AvgIpc) is 3.45. The minimum absolute atomic E-state index is 0.0713. The number of amides is 1. The molecular weight excluding hydrogens is 427 g/mol. The number of rotatable bonds is 7. The number of anilines is 2. The van der Waals surface area contributed by atoms with E-state index in [1.54, 1.807) is 24.5 Å². The third-order valence-electron chi connectivity index (χ3n) is 6.44. The zero-order valence-electron chi connectivity index (χ0n) is 18.0. The number of nitrogens with one attached hydrogen (secondary N) is 3. The smallest absolute Gasteiger partial charge is 0.255 e. The first-order chi connectivity index (χ1) is 16.1. The number of aromatic nitrogens is 2.